The number of hydrogen-bond donors (Lipinski definition) is 0. The summed E-state index contributed by atoms with van der Waals surface area (Å²) in [6, 6.07) is -5.46. The minimum atomic E-state index is -6.85. The van der Waals surface area contributed by atoms with Crippen molar-refractivity contribution in [1.29, 1.82) is 0 Å². The third-order valence-electron chi connectivity index (χ3n) is 2.00. The van der Waals surface area contributed by atoms with Gasteiger partial charge in [-0.2, -0.15) is 43.3 Å². The summed E-state index contributed by atoms with van der Waals surface area (Å²) in [5, 5.41) is 0. The van der Waals surface area contributed by atoms with Gasteiger partial charge < -0.3 is 9.47 Å². The molecule has 0 amide bonds. The van der Waals surface area contributed by atoms with Crippen molar-refractivity contribution >= 4 is 10.1 Å². The number of halogens is 7. The molecule has 0 N–H and O–H groups in total. The van der Waals surface area contributed by atoms with Crippen LogP contribution in [-0.4, -0.2) is 46.0 Å². The molecule has 0 bridgehead atoms. The molecule has 0 aromatic heterocycles. The van der Waals surface area contributed by atoms with Crippen molar-refractivity contribution in [2.45, 2.75) is 37.5 Å². The van der Waals surface area contributed by atoms with Gasteiger partial charge in [0, 0.05) is 6.61 Å². The number of unbranched alkanes of at least 4 members (excludes halogenated alkanes) is 1. The smallest absolute Gasteiger partial charge is 0.379 e. The lowest BCUT2D eigenvalue weighted by Crippen LogP contribution is -2.50. The van der Waals surface area contributed by atoms with E-state index >= 15 is 0 Å². The Morgan fingerprint density at radius 3 is 1.86 bits per heavy atom. The molecule has 0 aliphatic carbocycles. The van der Waals surface area contributed by atoms with Gasteiger partial charge in [-0.3, -0.25) is 0 Å². The van der Waals surface area contributed by atoms with Gasteiger partial charge in [-0.25, -0.2) is 0 Å². The summed E-state index contributed by atoms with van der Waals surface area (Å²) in [5.74, 6) is 0. The molecule has 0 fully saturated rings. The highest BCUT2D eigenvalue weighted by molar-refractivity contribution is 7.87. The molecular formula is C9H13F7O5S. The summed E-state index contributed by atoms with van der Waals surface area (Å²) in [6.07, 6.45) is -4.93. The van der Waals surface area contributed by atoms with Gasteiger partial charge in [0.2, 0.25) is 0 Å². The van der Waals surface area contributed by atoms with Crippen LogP contribution >= 0.6 is 0 Å². The van der Waals surface area contributed by atoms with Gasteiger partial charge in [-0.15, -0.1) is 0 Å². The van der Waals surface area contributed by atoms with Crippen LogP contribution < -0.4 is 0 Å². The van der Waals surface area contributed by atoms with Gasteiger partial charge in [0.25, 0.3) is 0 Å². The summed E-state index contributed by atoms with van der Waals surface area (Å²) in [6.45, 7) is 0.114. The van der Waals surface area contributed by atoms with E-state index in [9.17, 15) is 39.2 Å². The van der Waals surface area contributed by atoms with Gasteiger partial charge >= 0.3 is 27.8 Å². The maximum absolute atomic E-state index is 13.4. The van der Waals surface area contributed by atoms with E-state index in [1.807, 2.05) is 0 Å². The number of hydrogen-bond acceptors (Lipinski definition) is 5. The zero-order chi connectivity index (χ0) is 17.7. The summed E-state index contributed by atoms with van der Waals surface area (Å²) in [5.41, 5.74) is -6.24. The molecule has 1 unspecified atom stereocenters. The Balaban J connectivity index is 4.83. The monoisotopic (exact) mass is 366 g/mol. The number of rotatable bonds is 9. The predicted octanol–water partition coefficient (Wildman–Crippen LogP) is 2.87. The van der Waals surface area contributed by atoms with Crippen LogP contribution in [0.3, 0.4) is 0 Å². The quantitative estimate of drug-likeness (QED) is 0.206. The minimum absolute atomic E-state index is 0.104. The van der Waals surface area contributed by atoms with Crippen molar-refractivity contribution in [3.05, 3.63) is 0 Å². The zero-order valence-corrected chi connectivity index (χ0v) is 11.9. The van der Waals surface area contributed by atoms with Gasteiger partial charge in [-0.1, -0.05) is 13.3 Å². The van der Waals surface area contributed by atoms with E-state index in [1.54, 1.807) is 6.92 Å². The summed E-state index contributed by atoms with van der Waals surface area (Å²) >= 11 is 0. The van der Waals surface area contributed by atoms with E-state index in [4.69, 9.17) is 4.74 Å². The lowest BCUT2D eigenvalue weighted by atomic mass is 10.4. The highest BCUT2D eigenvalue weighted by atomic mass is 32.2. The van der Waals surface area contributed by atoms with E-state index in [2.05, 4.69) is 8.92 Å². The van der Waals surface area contributed by atoms with Crippen LogP contribution in [0.1, 0.15) is 19.8 Å². The van der Waals surface area contributed by atoms with Crippen molar-refractivity contribution in [3.8, 4) is 0 Å². The summed E-state index contributed by atoms with van der Waals surface area (Å²) in [4.78, 5) is 0. The Labute approximate surface area is 121 Å². The largest absolute Gasteiger partial charge is 0.523 e. The first-order valence-electron chi connectivity index (χ1n) is 5.76. The van der Waals surface area contributed by atoms with Crippen LogP contribution in [0.4, 0.5) is 30.7 Å². The van der Waals surface area contributed by atoms with Crippen molar-refractivity contribution in [2.75, 3.05) is 19.8 Å². The second kappa shape index (κ2) is 7.75. The maximum Gasteiger partial charge on any atom is 0.523 e. The molecule has 1 atom stereocenters. The molecule has 0 spiro atoms. The molecule has 22 heavy (non-hydrogen) atoms. The highest BCUT2D eigenvalue weighted by Gasteiger charge is 2.66. The first-order valence-corrected chi connectivity index (χ1v) is 7.17. The molecule has 5 nitrogen and oxygen atoms in total. The van der Waals surface area contributed by atoms with Gasteiger partial charge in [0.15, 0.2) is 0 Å². The Hall–Kier alpha value is -0.660. The Morgan fingerprint density at radius 1 is 0.909 bits per heavy atom. The molecule has 0 saturated carbocycles. The number of ether oxygens (including phenoxy) is 2. The Bertz CT molecular complexity index is 433. The van der Waals surface area contributed by atoms with Gasteiger partial charge in [0.05, 0.1) is 13.2 Å². The molecule has 134 valence electrons. The molecule has 0 aromatic carbocycles. The molecule has 0 radical (unpaired) electrons. The maximum atomic E-state index is 13.4. The van der Waals surface area contributed by atoms with Crippen LogP contribution in [0.15, 0.2) is 0 Å². The zero-order valence-electron chi connectivity index (χ0n) is 11.1. The fourth-order valence-corrected chi connectivity index (χ4v) is 1.44. The first-order chi connectivity index (χ1) is 9.77. The first kappa shape index (κ1) is 21.3. The third kappa shape index (κ3) is 6.22. The van der Waals surface area contributed by atoms with Crippen LogP contribution in [-0.2, 0) is 23.8 Å². The van der Waals surface area contributed by atoms with Crippen LogP contribution in [0, 0.1) is 0 Å². The fraction of sp³-hybridized carbons (Fsp3) is 1.00. The minimum Gasteiger partial charge on any atom is -0.379 e. The average Bonchev–Trinajstić information content (AvgIpc) is 2.30. The topological polar surface area (TPSA) is 61.8 Å². The number of alkyl halides is 7. The average molecular weight is 366 g/mol. The molecule has 0 rings (SSSR count). The lowest BCUT2D eigenvalue weighted by molar-refractivity contribution is -0.412. The van der Waals surface area contributed by atoms with E-state index in [-0.39, 0.29) is 6.61 Å². The van der Waals surface area contributed by atoms with Crippen molar-refractivity contribution < 1.29 is 52.8 Å². The van der Waals surface area contributed by atoms with E-state index in [0.717, 1.165) is 0 Å². The van der Waals surface area contributed by atoms with Gasteiger partial charge in [-0.05, 0) is 6.42 Å². The molecule has 0 saturated heterocycles. The molecule has 13 heteroatoms. The second-order valence-electron chi connectivity index (χ2n) is 3.83. The van der Waals surface area contributed by atoms with E-state index in [1.165, 1.54) is 0 Å². The molecule has 0 aliphatic heterocycles. The third-order valence-corrected chi connectivity index (χ3v) is 3.00. The van der Waals surface area contributed by atoms with Gasteiger partial charge in [0.1, 0.15) is 0 Å². The summed E-state index contributed by atoms with van der Waals surface area (Å²) in [7, 11) is -6.85. The van der Waals surface area contributed by atoms with E-state index < -0.39 is 41.1 Å². The lowest BCUT2D eigenvalue weighted by Gasteiger charge is -2.26. The van der Waals surface area contributed by atoms with Crippen LogP contribution in [0.5, 0.6) is 0 Å². The molecular weight excluding hydrogens is 353 g/mol. The van der Waals surface area contributed by atoms with Crippen LogP contribution in [0.2, 0.25) is 0 Å². The molecule has 0 aromatic rings. The molecule has 0 aliphatic rings. The fourth-order valence-electron chi connectivity index (χ4n) is 0.922. The SMILES string of the molecule is CCCCOCCOC(F)(OS(=O)(=O)C(F)(F)F)C(F)(F)F. The highest BCUT2D eigenvalue weighted by Crippen LogP contribution is 2.40. The molecule has 0 heterocycles. The van der Waals surface area contributed by atoms with Crippen molar-refractivity contribution in [2.24, 2.45) is 0 Å². The van der Waals surface area contributed by atoms with Crippen LogP contribution in [0.25, 0.3) is 0 Å². The standard InChI is InChI=1S/C9H13F7O5S/c1-2-3-4-19-5-6-20-8(13,7(10,11)12)21-22(17,18)9(14,15)16/h2-6H2,1H3. The Kier molecular flexibility index (Phi) is 7.51. The second-order valence-corrected chi connectivity index (χ2v) is 5.37. The normalized spacial score (nSPS) is 16.5. The summed E-state index contributed by atoms with van der Waals surface area (Å²) < 4.78 is 118. The predicted molar refractivity (Wildman–Crippen MR) is 57.6 cm³/mol. The van der Waals surface area contributed by atoms with Crippen molar-refractivity contribution in [1.82, 2.24) is 0 Å². The van der Waals surface area contributed by atoms with E-state index in [0.29, 0.717) is 12.8 Å². The van der Waals surface area contributed by atoms with Crippen molar-refractivity contribution in [3.63, 3.8) is 0 Å². The Morgan fingerprint density at radius 2 is 1.45 bits per heavy atom.